The van der Waals surface area contributed by atoms with E-state index in [0.717, 1.165) is 19.6 Å². The van der Waals surface area contributed by atoms with Gasteiger partial charge in [-0.2, -0.15) is 0 Å². The molecule has 2 heteroatoms. The molecule has 0 fully saturated rings. The molecule has 1 aliphatic heterocycles. The smallest absolute Gasteiger partial charge is 0.0460 e. The number of nitrogens with one attached hydrogen (secondary N) is 1. The Balaban J connectivity index is 2.16. The number of benzene rings is 1. The van der Waals surface area contributed by atoms with Gasteiger partial charge in [-0.3, -0.25) is 4.90 Å². The van der Waals surface area contributed by atoms with E-state index in [4.69, 9.17) is 0 Å². The summed E-state index contributed by atoms with van der Waals surface area (Å²) < 4.78 is 0. The average Bonchev–Trinajstić information content (AvgIpc) is 2.73. The normalized spacial score (nSPS) is 19.7. The van der Waals surface area contributed by atoms with Crippen LogP contribution in [-0.2, 0) is 6.54 Å². The van der Waals surface area contributed by atoms with Gasteiger partial charge in [0.2, 0.25) is 0 Å². The van der Waals surface area contributed by atoms with Gasteiger partial charge in [0.15, 0.2) is 0 Å². The van der Waals surface area contributed by atoms with Crippen molar-refractivity contribution < 1.29 is 0 Å². The van der Waals surface area contributed by atoms with E-state index in [0.29, 0.717) is 5.92 Å². The van der Waals surface area contributed by atoms with Gasteiger partial charge in [0, 0.05) is 42.7 Å². The van der Waals surface area contributed by atoms with Crippen LogP contribution in [0.15, 0.2) is 49.7 Å². The maximum absolute atomic E-state index is 3.99. The van der Waals surface area contributed by atoms with Crippen LogP contribution >= 0.6 is 0 Å². The summed E-state index contributed by atoms with van der Waals surface area (Å²) in [6, 6.07) is 6.49. The lowest BCUT2D eigenvalue weighted by Crippen LogP contribution is -2.26. The van der Waals surface area contributed by atoms with Gasteiger partial charge in [-0.05, 0) is 17.2 Å². The first-order valence-corrected chi connectivity index (χ1v) is 6.38. The monoisotopic (exact) mass is 238 g/mol. The third-order valence-corrected chi connectivity index (χ3v) is 3.74. The highest BCUT2D eigenvalue weighted by molar-refractivity contribution is 5.87. The zero-order valence-electron chi connectivity index (χ0n) is 10.5. The minimum absolute atomic E-state index is 0.391. The van der Waals surface area contributed by atoms with E-state index >= 15 is 0 Å². The topological polar surface area (TPSA) is 19.0 Å². The summed E-state index contributed by atoms with van der Waals surface area (Å²) in [5.74, 6) is 0.391. The molecule has 3 rings (SSSR count). The number of nitrogens with zero attached hydrogens (tertiary/aromatic N) is 1. The molecule has 0 saturated heterocycles. The van der Waals surface area contributed by atoms with Crippen molar-refractivity contribution in [3.63, 3.8) is 0 Å². The Labute approximate surface area is 108 Å². The average molecular weight is 238 g/mol. The molecule has 0 amide bonds. The first kappa shape index (κ1) is 11.3. The van der Waals surface area contributed by atoms with Gasteiger partial charge in [-0.15, -0.1) is 13.2 Å². The zero-order valence-corrected chi connectivity index (χ0v) is 10.5. The molecule has 0 aliphatic carbocycles. The highest BCUT2D eigenvalue weighted by Crippen LogP contribution is 2.33. The molecule has 1 aliphatic rings. The van der Waals surface area contributed by atoms with Gasteiger partial charge in [0.05, 0.1) is 0 Å². The predicted octanol–water partition coefficient (Wildman–Crippen LogP) is 3.44. The SMILES string of the molecule is C=CCN1Cc2cccc3[nH]cc(c23)[C@@H](C=C)C1. The fraction of sp³-hybridized carbons (Fsp3) is 0.250. The first-order chi connectivity index (χ1) is 8.83. The van der Waals surface area contributed by atoms with Crippen molar-refractivity contribution in [1.29, 1.82) is 0 Å². The molecular formula is C16H18N2. The Morgan fingerprint density at radius 1 is 1.39 bits per heavy atom. The van der Waals surface area contributed by atoms with E-state index in [-0.39, 0.29) is 0 Å². The van der Waals surface area contributed by atoms with Crippen LogP contribution in [0.4, 0.5) is 0 Å². The van der Waals surface area contributed by atoms with Crippen molar-refractivity contribution in [2.75, 3.05) is 13.1 Å². The van der Waals surface area contributed by atoms with Gasteiger partial charge in [0.25, 0.3) is 0 Å². The molecule has 0 radical (unpaired) electrons. The summed E-state index contributed by atoms with van der Waals surface area (Å²) in [5, 5.41) is 1.38. The fourth-order valence-electron chi connectivity index (χ4n) is 2.92. The molecular weight excluding hydrogens is 220 g/mol. The molecule has 0 unspecified atom stereocenters. The summed E-state index contributed by atoms with van der Waals surface area (Å²) >= 11 is 0. The lowest BCUT2D eigenvalue weighted by Gasteiger charge is -2.21. The quantitative estimate of drug-likeness (QED) is 0.812. The van der Waals surface area contributed by atoms with Crippen LogP contribution in [0, 0.1) is 0 Å². The first-order valence-electron chi connectivity index (χ1n) is 6.38. The Kier molecular flexibility index (Phi) is 2.80. The van der Waals surface area contributed by atoms with Crippen molar-refractivity contribution in [1.82, 2.24) is 9.88 Å². The summed E-state index contributed by atoms with van der Waals surface area (Å²) in [6.07, 6.45) is 6.17. The summed E-state index contributed by atoms with van der Waals surface area (Å²) in [6.45, 7) is 10.8. The van der Waals surface area contributed by atoms with Crippen molar-refractivity contribution in [3.05, 3.63) is 60.8 Å². The number of aromatic amines is 1. The molecule has 0 saturated carbocycles. The molecule has 18 heavy (non-hydrogen) atoms. The lowest BCUT2D eigenvalue weighted by atomic mass is 9.98. The van der Waals surface area contributed by atoms with Gasteiger partial charge in [0.1, 0.15) is 0 Å². The second-order valence-electron chi connectivity index (χ2n) is 4.91. The Morgan fingerprint density at radius 2 is 2.28 bits per heavy atom. The van der Waals surface area contributed by atoms with Crippen molar-refractivity contribution >= 4 is 10.9 Å². The molecule has 1 aromatic heterocycles. The molecule has 0 spiro atoms. The Bertz CT molecular complexity index is 594. The number of hydrogen-bond acceptors (Lipinski definition) is 1. The number of hydrogen-bond donors (Lipinski definition) is 1. The van der Waals surface area contributed by atoms with Crippen LogP contribution in [0.3, 0.4) is 0 Å². The molecule has 0 bridgehead atoms. The molecule has 1 N–H and O–H groups in total. The number of H-pyrrole nitrogens is 1. The van der Waals surface area contributed by atoms with Crippen molar-refractivity contribution in [2.45, 2.75) is 12.5 Å². The molecule has 1 atom stereocenters. The van der Waals surface area contributed by atoms with Crippen molar-refractivity contribution in [3.8, 4) is 0 Å². The summed E-state index contributed by atoms with van der Waals surface area (Å²) in [7, 11) is 0. The molecule has 2 heterocycles. The second-order valence-corrected chi connectivity index (χ2v) is 4.91. The van der Waals surface area contributed by atoms with Crippen LogP contribution in [0.2, 0.25) is 0 Å². The maximum Gasteiger partial charge on any atom is 0.0460 e. The Morgan fingerprint density at radius 3 is 3.06 bits per heavy atom. The van der Waals surface area contributed by atoms with E-state index < -0.39 is 0 Å². The maximum atomic E-state index is 3.99. The zero-order chi connectivity index (χ0) is 12.5. The number of rotatable bonds is 3. The van der Waals surface area contributed by atoms with E-state index in [1.54, 1.807) is 0 Å². The predicted molar refractivity (Wildman–Crippen MR) is 76.7 cm³/mol. The summed E-state index contributed by atoms with van der Waals surface area (Å²) in [5.41, 5.74) is 4.01. The molecule has 2 nitrogen and oxygen atoms in total. The largest absolute Gasteiger partial charge is 0.361 e. The van der Waals surface area contributed by atoms with Gasteiger partial charge < -0.3 is 4.98 Å². The van der Waals surface area contributed by atoms with Crippen LogP contribution in [-0.4, -0.2) is 23.0 Å². The highest BCUT2D eigenvalue weighted by Gasteiger charge is 2.22. The molecule has 2 aromatic rings. The number of aromatic nitrogens is 1. The molecule has 92 valence electrons. The van der Waals surface area contributed by atoms with Crippen LogP contribution in [0.25, 0.3) is 10.9 Å². The molecule has 1 aromatic carbocycles. The van der Waals surface area contributed by atoms with E-state index in [1.807, 2.05) is 6.08 Å². The summed E-state index contributed by atoms with van der Waals surface area (Å²) in [4.78, 5) is 5.80. The highest BCUT2D eigenvalue weighted by atomic mass is 15.1. The third-order valence-electron chi connectivity index (χ3n) is 3.74. The fourth-order valence-corrected chi connectivity index (χ4v) is 2.92. The van der Waals surface area contributed by atoms with Crippen LogP contribution in [0.1, 0.15) is 17.0 Å². The Hall–Kier alpha value is -1.80. The second kappa shape index (κ2) is 4.46. The third kappa shape index (κ3) is 1.70. The standard InChI is InChI=1S/C16H18N2/c1-3-8-18-10-12(4-2)14-9-17-15-7-5-6-13(11-18)16(14)15/h3-7,9,12,17H,1-2,8,10-11H2/t12-/m0/s1. The van der Waals surface area contributed by atoms with Crippen molar-refractivity contribution in [2.24, 2.45) is 0 Å². The lowest BCUT2D eigenvalue weighted by molar-refractivity contribution is 0.292. The van der Waals surface area contributed by atoms with Gasteiger partial charge >= 0.3 is 0 Å². The van der Waals surface area contributed by atoms with E-state index in [2.05, 4.69) is 53.5 Å². The van der Waals surface area contributed by atoms with Crippen LogP contribution in [0.5, 0.6) is 0 Å². The minimum Gasteiger partial charge on any atom is -0.361 e. The van der Waals surface area contributed by atoms with E-state index in [1.165, 1.54) is 22.0 Å². The van der Waals surface area contributed by atoms with Crippen LogP contribution < -0.4 is 0 Å². The van der Waals surface area contributed by atoms with Gasteiger partial charge in [-0.25, -0.2) is 0 Å². The van der Waals surface area contributed by atoms with E-state index in [9.17, 15) is 0 Å². The minimum atomic E-state index is 0.391. The van der Waals surface area contributed by atoms with Gasteiger partial charge in [-0.1, -0.05) is 24.3 Å².